The summed E-state index contributed by atoms with van der Waals surface area (Å²) in [6.45, 7) is 3.23. The predicted octanol–water partition coefficient (Wildman–Crippen LogP) is 2.08. The van der Waals surface area contributed by atoms with Gasteiger partial charge < -0.3 is 14.5 Å². The lowest BCUT2D eigenvalue weighted by atomic mass is 10.1. The molecule has 3 rings (SSSR count). The molecule has 22 heavy (non-hydrogen) atoms. The molecule has 2 atom stereocenters. The first-order chi connectivity index (χ1) is 10.6. The van der Waals surface area contributed by atoms with E-state index in [2.05, 4.69) is 5.32 Å². The second kappa shape index (κ2) is 6.10. The third-order valence-electron chi connectivity index (χ3n) is 4.51. The van der Waals surface area contributed by atoms with Crippen molar-refractivity contribution in [2.24, 2.45) is 0 Å². The van der Waals surface area contributed by atoms with E-state index in [9.17, 15) is 4.79 Å². The zero-order chi connectivity index (χ0) is 15.7. The number of amides is 1. The van der Waals surface area contributed by atoms with Crippen LogP contribution >= 0.6 is 0 Å². The lowest BCUT2D eigenvalue weighted by Gasteiger charge is -2.17. The van der Waals surface area contributed by atoms with Crippen molar-refractivity contribution in [2.75, 3.05) is 20.7 Å². The molecule has 2 heterocycles. The summed E-state index contributed by atoms with van der Waals surface area (Å²) in [6.07, 6.45) is 0.867. The maximum atomic E-state index is 12.4. The van der Waals surface area contributed by atoms with Gasteiger partial charge in [-0.25, -0.2) is 0 Å². The third kappa shape index (κ3) is 2.74. The molecule has 0 spiro atoms. The Labute approximate surface area is 130 Å². The minimum atomic E-state index is -0.130. The second-order valence-electron chi connectivity index (χ2n) is 5.91. The van der Waals surface area contributed by atoms with Gasteiger partial charge in [-0.05, 0) is 26.5 Å². The van der Waals surface area contributed by atoms with E-state index in [0.29, 0.717) is 6.54 Å². The molecule has 0 unspecified atom stereocenters. The number of carbonyl (C=O) groups is 1. The third-order valence-corrected chi connectivity index (χ3v) is 4.51. The highest BCUT2D eigenvalue weighted by Gasteiger charge is 2.34. The van der Waals surface area contributed by atoms with Crippen molar-refractivity contribution < 1.29 is 13.9 Å². The smallest absolute Gasteiger partial charge is 0.237 e. The molecule has 1 aromatic heterocycles. The van der Waals surface area contributed by atoms with Crippen LogP contribution in [0.1, 0.15) is 17.7 Å². The van der Waals surface area contributed by atoms with Crippen LogP contribution in [-0.2, 0) is 16.1 Å². The van der Waals surface area contributed by atoms with Crippen LogP contribution in [0.25, 0.3) is 11.0 Å². The first-order valence-electron chi connectivity index (χ1n) is 7.58. The summed E-state index contributed by atoms with van der Waals surface area (Å²) in [6, 6.07) is 7.79. The number of hydrogen-bond acceptors (Lipinski definition) is 4. The van der Waals surface area contributed by atoms with Gasteiger partial charge in [0.15, 0.2) is 0 Å². The summed E-state index contributed by atoms with van der Waals surface area (Å²) in [5.74, 6) is 0.848. The zero-order valence-electron chi connectivity index (χ0n) is 13.3. The number of carbonyl (C=O) groups excluding carboxylic acids is 1. The predicted molar refractivity (Wildman–Crippen MR) is 84.6 cm³/mol. The molecular formula is C17H22N2O3. The average Bonchev–Trinajstić information content (AvgIpc) is 3.06. The molecule has 5 nitrogen and oxygen atoms in total. The topological polar surface area (TPSA) is 54.7 Å². The van der Waals surface area contributed by atoms with Gasteiger partial charge in [0, 0.05) is 24.6 Å². The molecule has 1 saturated heterocycles. The van der Waals surface area contributed by atoms with Gasteiger partial charge in [0.2, 0.25) is 5.91 Å². The number of hydrogen-bond donors (Lipinski definition) is 1. The molecule has 0 saturated carbocycles. The fourth-order valence-corrected chi connectivity index (χ4v) is 3.11. The van der Waals surface area contributed by atoms with E-state index < -0.39 is 0 Å². The molecule has 5 heteroatoms. The van der Waals surface area contributed by atoms with Gasteiger partial charge in [-0.3, -0.25) is 9.69 Å². The first-order valence-corrected chi connectivity index (χ1v) is 7.58. The quantitative estimate of drug-likeness (QED) is 0.939. The highest BCUT2D eigenvalue weighted by atomic mass is 16.5. The summed E-state index contributed by atoms with van der Waals surface area (Å²) >= 11 is 0. The lowest BCUT2D eigenvalue weighted by molar-refractivity contribution is -0.125. The van der Waals surface area contributed by atoms with Crippen molar-refractivity contribution in [1.29, 1.82) is 0 Å². The van der Waals surface area contributed by atoms with Crippen LogP contribution in [0.4, 0.5) is 0 Å². The van der Waals surface area contributed by atoms with Crippen molar-refractivity contribution in [2.45, 2.75) is 32.0 Å². The highest BCUT2D eigenvalue weighted by Crippen LogP contribution is 2.25. The number of ether oxygens (including phenoxy) is 1. The maximum absolute atomic E-state index is 12.4. The van der Waals surface area contributed by atoms with E-state index in [1.54, 1.807) is 7.11 Å². The SMILES string of the molecule is CO[C@H]1C[C@@H](C(=O)NCc2oc3ccccc3c2C)N(C)C1. The maximum Gasteiger partial charge on any atom is 0.237 e. The Balaban J connectivity index is 1.66. The molecule has 0 radical (unpaired) electrons. The van der Waals surface area contributed by atoms with Gasteiger partial charge in [-0.1, -0.05) is 18.2 Å². The van der Waals surface area contributed by atoms with Gasteiger partial charge in [0.1, 0.15) is 11.3 Å². The minimum absolute atomic E-state index is 0.0295. The highest BCUT2D eigenvalue weighted by molar-refractivity contribution is 5.83. The van der Waals surface area contributed by atoms with Gasteiger partial charge in [-0.2, -0.15) is 0 Å². The first kappa shape index (κ1) is 15.1. The molecule has 1 aromatic carbocycles. The van der Waals surface area contributed by atoms with Crippen LogP contribution in [0.3, 0.4) is 0 Å². The van der Waals surface area contributed by atoms with Gasteiger partial charge in [-0.15, -0.1) is 0 Å². The number of methoxy groups -OCH3 is 1. The van der Waals surface area contributed by atoms with Crippen molar-refractivity contribution in [3.63, 3.8) is 0 Å². The molecule has 0 aliphatic carbocycles. The summed E-state index contributed by atoms with van der Waals surface area (Å²) in [5, 5.41) is 4.09. The lowest BCUT2D eigenvalue weighted by Crippen LogP contribution is -2.41. The minimum Gasteiger partial charge on any atom is -0.459 e. The summed E-state index contributed by atoms with van der Waals surface area (Å²) in [7, 11) is 3.65. The van der Waals surface area contributed by atoms with Crippen LogP contribution in [0, 0.1) is 6.92 Å². The Morgan fingerprint density at radius 3 is 2.91 bits per heavy atom. The average molecular weight is 302 g/mol. The Morgan fingerprint density at radius 2 is 2.23 bits per heavy atom. The van der Waals surface area contributed by atoms with E-state index in [0.717, 1.165) is 35.3 Å². The monoisotopic (exact) mass is 302 g/mol. The number of aryl methyl sites for hydroxylation is 1. The Bertz CT molecular complexity index is 680. The fourth-order valence-electron chi connectivity index (χ4n) is 3.11. The molecular weight excluding hydrogens is 280 g/mol. The van der Waals surface area contributed by atoms with Crippen LogP contribution in [0.15, 0.2) is 28.7 Å². The fraction of sp³-hybridized carbons (Fsp3) is 0.471. The van der Waals surface area contributed by atoms with Crippen molar-refractivity contribution in [3.8, 4) is 0 Å². The summed E-state index contributed by atoms with van der Waals surface area (Å²) in [5.41, 5.74) is 1.95. The number of para-hydroxylation sites is 1. The number of rotatable bonds is 4. The molecule has 1 fully saturated rings. The van der Waals surface area contributed by atoms with Gasteiger partial charge in [0.05, 0.1) is 18.7 Å². The molecule has 2 aromatic rings. The number of likely N-dealkylation sites (N-methyl/N-ethyl adjacent to an activating group) is 1. The van der Waals surface area contributed by atoms with Crippen LogP contribution in [0.5, 0.6) is 0 Å². The molecule has 1 N–H and O–H groups in total. The molecule has 118 valence electrons. The molecule has 1 amide bonds. The number of likely N-dealkylation sites (tertiary alicyclic amines) is 1. The Hall–Kier alpha value is -1.85. The van der Waals surface area contributed by atoms with E-state index in [4.69, 9.17) is 9.15 Å². The number of nitrogens with one attached hydrogen (secondary N) is 1. The molecule has 1 aliphatic rings. The van der Waals surface area contributed by atoms with E-state index >= 15 is 0 Å². The van der Waals surface area contributed by atoms with Crippen molar-refractivity contribution >= 4 is 16.9 Å². The number of nitrogens with zero attached hydrogens (tertiary/aromatic N) is 1. The largest absolute Gasteiger partial charge is 0.459 e. The summed E-state index contributed by atoms with van der Waals surface area (Å²) in [4.78, 5) is 14.4. The number of furan rings is 1. The van der Waals surface area contributed by atoms with E-state index in [1.807, 2.05) is 43.1 Å². The normalized spacial score (nSPS) is 22.3. The zero-order valence-corrected chi connectivity index (χ0v) is 13.3. The van der Waals surface area contributed by atoms with Crippen LogP contribution < -0.4 is 5.32 Å². The Morgan fingerprint density at radius 1 is 1.45 bits per heavy atom. The standard InChI is InChI=1S/C17H22N2O3/c1-11-13-6-4-5-7-15(13)22-16(11)9-18-17(20)14-8-12(21-3)10-19(14)2/h4-7,12,14H,8-10H2,1-3H3,(H,18,20)/t12-,14-/m0/s1. The van der Waals surface area contributed by atoms with Gasteiger partial charge >= 0.3 is 0 Å². The molecule has 1 aliphatic heterocycles. The van der Waals surface area contributed by atoms with E-state index in [-0.39, 0.29) is 18.1 Å². The van der Waals surface area contributed by atoms with Gasteiger partial charge in [0.25, 0.3) is 0 Å². The second-order valence-corrected chi connectivity index (χ2v) is 5.91. The van der Waals surface area contributed by atoms with Crippen molar-refractivity contribution in [3.05, 3.63) is 35.6 Å². The van der Waals surface area contributed by atoms with Crippen LogP contribution in [-0.4, -0.2) is 43.7 Å². The Kier molecular flexibility index (Phi) is 4.18. The number of fused-ring (bicyclic) bond motifs is 1. The van der Waals surface area contributed by atoms with Crippen molar-refractivity contribution in [1.82, 2.24) is 10.2 Å². The van der Waals surface area contributed by atoms with Crippen LogP contribution in [0.2, 0.25) is 0 Å². The van der Waals surface area contributed by atoms with E-state index in [1.165, 1.54) is 0 Å². The number of benzene rings is 1. The molecule has 0 bridgehead atoms. The summed E-state index contributed by atoms with van der Waals surface area (Å²) < 4.78 is 11.2.